The molecule has 0 saturated carbocycles. The molecule has 1 aromatic rings. The van der Waals surface area contributed by atoms with E-state index < -0.39 is 0 Å². The van der Waals surface area contributed by atoms with E-state index in [0.29, 0.717) is 17.8 Å². The van der Waals surface area contributed by atoms with Gasteiger partial charge in [0.25, 0.3) is 0 Å². The average molecular weight is 289 g/mol. The molecule has 0 radical (unpaired) electrons. The van der Waals surface area contributed by atoms with Gasteiger partial charge in [0.2, 0.25) is 0 Å². The Labute approximate surface area is 118 Å². The minimum absolute atomic E-state index is 0.395. The van der Waals surface area contributed by atoms with Crippen molar-refractivity contribution in [3.8, 4) is 0 Å². The third-order valence-corrected chi connectivity index (χ3v) is 4.90. The minimum Gasteiger partial charge on any atom is -0.384 e. The zero-order valence-electron chi connectivity index (χ0n) is 11.1. The number of hydrogen-bond donors (Lipinski definition) is 0. The number of halogens is 1. The van der Waals surface area contributed by atoms with E-state index in [-0.39, 0.29) is 0 Å². The van der Waals surface area contributed by atoms with Crippen molar-refractivity contribution < 1.29 is 4.74 Å². The molecule has 0 amide bonds. The number of thiazole rings is 1. The molecule has 1 aliphatic rings. The number of ether oxygens (including phenoxy) is 1. The lowest BCUT2D eigenvalue weighted by Crippen LogP contribution is -2.38. The highest BCUT2D eigenvalue weighted by Gasteiger charge is 2.25. The van der Waals surface area contributed by atoms with Gasteiger partial charge in [0.15, 0.2) is 0 Å². The minimum atomic E-state index is 0.395. The number of rotatable bonds is 5. The Hall–Kier alpha value is -0.160. The van der Waals surface area contributed by atoms with E-state index in [1.165, 1.54) is 17.8 Å². The number of hydrogen-bond acceptors (Lipinski definition) is 4. The molecule has 0 aromatic carbocycles. The first kappa shape index (κ1) is 14.3. The fraction of sp³-hybridized carbons (Fsp3) is 0.769. The SMILES string of the molecule is COCC1CCCN(C(C)c2nc(CCl)cs2)C1. The zero-order chi connectivity index (χ0) is 13.0. The van der Waals surface area contributed by atoms with Crippen molar-refractivity contribution in [2.45, 2.75) is 31.7 Å². The first-order valence-electron chi connectivity index (χ1n) is 6.47. The normalized spacial score (nSPS) is 23.2. The maximum Gasteiger partial charge on any atom is 0.110 e. The number of alkyl halides is 1. The summed E-state index contributed by atoms with van der Waals surface area (Å²) in [6.45, 7) is 5.39. The molecule has 0 aliphatic carbocycles. The largest absolute Gasteiger partial charge is 0.384 e. The molecule has 2 heterocycles. The highest BCUT2D eigenvalue weighted by Crippen LogP contribution is 2.28. The lowest BCUT2D eigenvalue weighted by molar-refractivity contribution is 0.0720. The molecule has 0 spiro atoms. The first-order chi connectivity index (χ1) is 8.74. The lowest BCUT2D eigenvalue weighted by Gasteiger charge is -2.35. The van der Waals surface area contributed by atoms with E-state index in [9.17, 15) is 0 Å². The number of nitrogens with zero attached hydrogens (tertiary/aromatic N) is 2. The van der Waals surface area contributed by atoms with Crippen molar-refractivity contribution in [1.29, 1.82) is 0 Å². The van der Waals surface area contributed by atoms with Crippen molar-refractivity contribution >= 4 is 22.9 Å². The molecular weight excluding hydrogens is 268 g/mol. The molecular formula is C13H21ClN2OS. The molecule has 0 bridgehead atoms. The molecule has 18 heavy (non-hydrogen) atoms. The standard InChI is InChI=1S/C13H21ClN2OS/c1-10(13-15-12(6-14)9-18-13)16-5-3-4-11(7-16)8-17-2/h9-11H,3-8H2,1-2H3. The third-order valence-electron chi connectivity index (χ3n) is 3.56. The van der Waals surface area contributed by atoms with Crippen LogP contribution < -0.4 is 0 Å². The van der Waals surface area contributed by atoms with E-state index in [2.05, 4.69) is 22.2 Å². The van der Waals surface area contributed by atoms with Crippen LogP contribution in [0.3, 0.4) is 0 Å². The van der Waals surface area contributed by atoms with Gasteiger partial charge in [-0.25, -0.2) is 4.98 Å². The van der Waals surface area contributed by atoms with Gasteiger partial charge in [-0.15, -0.1) is 22.9 Å². The summed E-state index contributed by atoms with van der Waals surface area (Å²) in [5, 5.41) is 3.25. The van der Waals surface area contributed by atoms with Gasteiger partial charge < -0.3 is 4.74 Å². The summed E-state index contributed by atoms with van der Waals surface area (Å²) in [5.74, 6) is 1.17. The van der Waals surface area contributed by atoms with E-state index in [4.69, 9.17) is 16.3 Å². The summed E-state index contributed by atoms with van der Waals surface area (Å²) in [5.41, 5.74) is 0.994. The van der Waals surface area contributed by atoms with Gasteiger partial charge >= 0.3 is 0 Å². The second kappa shape index (κ2) is 6.85. The number of likely N-dealkylation sites (tertiary alicyclic amines) is 1. The molecule has 2 rings (SSSR count). The molecule has 1 aliphatic heterocycles. The smallest absolute Gasteiger partial charge is 0.110 e. The van der Waals surface area contributed by atoms with Gasteiger partial charge in [-0.2, -0.15) is 0 Å². The monoisotopic (exact) mass is 288 g/mol. The van der Waals surface area contributed by atoms with Crippen LogP contribution >= 0.6 is 22.9 Å². The summed E-state index contributed by atoms with van der Waals surface area (Å²) in [7, 11) is 1.79. The Kier molecular flexibility index (Phi) is 5.42. The van der Waals surface area contributed by atoms with Crippen molar-refractivity contribution in [3.05, 3.63) is 16.1 Å². The predicted octanol–water partition coefficient (Wildman–Crippen LogP) is 3.30. The van der Waals surface area contributed by atoms with Crippen molar-refractivity contribution in [1.82, 2.24) is 9.88 Å². The van der Waals surface area contributed by atoms with Crippen LogP contribution in [0.4, 0.5) is 0 Å². The van der Waals surface area contributed by atoms with Crippen LogP contribution in [-0.4, -0.2) is 36.7 Å². The molecule has 0 N–H and O–H groups in total. The number of aromatic nitrogens is 1. The first-order valence-corrected chi connectivity index (χ1v) is 7.89. The maximum atomic E-state index is 5.81. The number of piperidine rings is 1. The van der Waals surface area contributed by atoms with Crippen molar-refractivity contribution in [2.24, 2.45) is 5.92 Å². The lowest BCUT2D eigenvalue weighted by atomic mass is 9.98. The maximum absolute atomic E-state index is 5.81. The molecule has 1 fully saturated rings. The van der Waals surface area contributed by atoms with Crippen LogP contribution in [0.15, 0.2) is 5.38 Å². The number of methoxy groups -OCH3 is 1. The van der Waals surface area contributed by atoms with Gasteiger partial charge in [-0.05, 0) is 32.2 Å². The van der Waals surface area contributed by atoms with Gasteiger partial charge in [0.1, 0.15) is 5.01 Å². The van der Waals surface area contributed by atoms with Crippen LogP contribution in [-0.2, 0) is 10.6 Å². The fourth-order valence-electron chi connectivity index (χ4n) is 2.55. The highest BCUT2D eigenvalue weighted by molar-refractivity contribution is 7.09. The van der Waals surface area contributed by atoms with E-state index in [0.717, 1.165) is 25.4 Å². The van der Waals surface area contributed by atoms with Crippen LogP contribution in [0.5, 0.6) is 0 Å². The Morgan fingerprint density at radius 1 is 1.67 bits per heavy atom. The van der Waals surface area contributed by atoms with Crippen molar-refractivity contribution in [3.63, 3.8) is 0 Å². The average Bonchev–Trinajstić information content (AvgIpc) is 2.87. The van der Waals surface area contributed by atoms with Gasteiger partial charge in [-0.1, -0.05) is 0 Å². The predicted molar refractivity (Wildman–Crippen MR) is 76.3 cm³/mol. The summed E-state index contributed by atoms with van der Waals surface area (Å²) >= 11 is 7.53. The molecule has 5 heteroatoms. The van der Waals surface area contributed by atoms with Crippen LogP contribution in [0.2, 0.25) is 0 Å². The second-order valence-electron chi connectivity index (χ2n) is 4.95. The quantitative estimate of drug-likeness (QED) is 0.778. The second-order valence-corrected chi connectivity index (χ2v) is 6.10. The summed E-state index contributed by atoms with van der Waals surface area (Å²) in [4.78, 5) is 7.11. The van der Waals surface area contributed by atoms with Gasteiger partial charge in [-0.3, -0.25) is 4.90 Å². The Bertz CT molecular complexity index is 370. The molecule has 3 nitrogen and oxygen atoms in total. The zero-order valence-corrected chi connectivity index (χ0v) is 12.6. The summed E-state index contributed by atoms with van der Waals surface area (Å²) in [6, 6.07) is 0.395. The van der Waals surface area contributed by atoms with Gasteiger partial charge in [0, 0.05) is 19.0 Å². The van der Waals surface area contributed by atoms with Crippen LogP contribution in [0, 0.1) is 5.92 Å². The van der Waals surface area contributed by atoms with E-state index in [1.54, 1.807) is 18.4 Å². The van der Waals surface area contributed by atoms with E-state index >= 15 is 0 Å². The molecule has 1 aromatic heterocycles. The highest BCUT2D eigenvalue weighted by atomic mass is 35.5. The summed E-state index contributed by atoms with van der Waals surface area (Å²) < 4.78 is 5.28. The molecule has 2 atom stereocenters. The molecule has 2 unspecified atom stereocenters. The van der Waals surface area contributed by atoms with Gasteiger partial charge in [0.05, 0.1) is 24.2 Å². The topological polar surface area (TPSA) is 25.4 Å². The summed E-state index contributed by atoms with van der Waals surface area (Å²) in [6.07, 6.45) is 2.54. The van der Waals surface area contributed by atoms with E-state index in [1.807, 2.05) is 0 Å². The Morgan fingerprint density at radius 3 is 3.17 bits per heavy atom. The fourth-order valence-corrected chi connectivity index (χ4v) is 3.69. The third kappa shape index (κ3) is 3.44. The molecule has 1 saturated heterocycles. The molecule has 102 valence electrons. The Balaban J connectivity index is 1.97. The van der Waals surface area contributed by atoms with Crippen LogP contribution in [0.25, 0.3) is 0 Å². The van der Waals surface area contributed by atoms with Crippen LogP contribution in [0.1, 0.15) is 36.5 Å². The Morgan fingerprint density at radius 2 is 2.50 bits per heavy atom. The van der Waals surface area contributed by atoms with Crippen molar-refractivity contribution in [2.75, 3.05) is 26.8 Å².